The van der Waals surface area contributed by atoms with Crippen LogP contribution in [0.5, 0.6) is 11.5 Å². The second kappa shape index (κ2) is 11.4. The van der Waals surface area contributed by atoms with Crippen molar-refractivity contribution < 1.29 is 28.1 Å². The van der Waals surface area contributed by atoms with Crippen molar-refractivity contribution in [1.29, 1.82) is 5.26 Å². The molecule has 3 aliphatic heterocycles. The molecule has 0 radical (unpaired) electrons. The summed E-state index contributed by atoms with van der Waals surface area (Å²) in [5.41, 5.74) is 3.24. The van der Waals surface area contributed by atoms with E-state index in [0.717, 1.165) is 56.0 Å². The minimum atomic E-state index is -1.37. The first-order valence-corrected chi connectivity index (χ1v) is 16.2. The molecular formula is C35H33ClFN5O5. The minimum absolute atomic E-state index is 0.0887. The fraction of sp³-hybridized carbons (Fsp3) is 0.400. The highest BCUT2D eigenvalue weighted by Crippen LogP contribution is 2.51. The number of carbonyl (C=O) groups is 1. The molecule has 3 fully saturated rings. The topological polar surface area (TPSA) is 102 Å². The van der Waals surface area contributed by atoms with Crippen LogP contribution < -0.4 is 14.4 Å². The Hall–Kier alpha value is -4.37. The molecule has 4 atom stereocenters. The number of carbonyl (C=O) groups excluding carboxylic acids is 1. The van der Waals surface area contributed by atoms with Crippen LogP contribution in [0.3, 0.4) is 0 Å². The number of halogens is 2. The number of fused-ring (bicyclic) bond motifs is 3. The number of nitrogens with zero attached hydrogens (tertiary/aromatic N) is 5. The standard InChI is InChI=1S/C35H33ClFN5O5/c1-35(23-7-6-20(17-38)14-25(23)37)46-30-5-3-4-28(33(30)47-35)41-12-11-40(26-8-9-27(26)41)19-31-39-32-24(36)15-21(34(43)44-2)16-29(32)42(31)18-22-10-13-45-22/h3-7,14-16,22,26-27H,8-13,18-19H2,1-2H3/t22-,26-,27+,35-/m0/s1. The van der Waals surface area contributed by atoms with E-state index in [4.69, 9.17) is 35.5 Å². The van der Waals surface area contributed by atoms with E-state index in [1.165, 1.54) is 13.2 Å². The largest absolute Gasteiger partial charge is 0.465 e. The second-order valence-corrected chi connectivity index (χ2v) is 13.1. The molecule has 3 aromatic carbocycles. The molecule has 2 saturated heterocycles. The third kappa shape index (κ3) is 4.98. The number of nitriles is 1. The predicted molar refractivity (Wildman–Crippen MR) is 171 cm³/mol. The maximum atomic E-state index is 15.1. The van der Waals surface area contributed by atoms with Crippen LogP contribution in [-0.4, -0.2) is 65.4 Å². The quantitative estimate of drug-likeness (QED) is 0.229. The molecule has 0 amide bonds. The van der Waals surface area contributed by atoms with Gasteiger partial charge in [0.2, 0.25) is 0 Å². The zero-order valence-electron chi connectivity index (χ0n) is 26.0. The van der Waals surface area contributed by atoms with Gasteiger partial charge in [0.1, 0.15) is 17.2 Å². The average Bonchev–Trinajstić information content (AvgIpc) is 3.56. The van der Waals surface area contributed by atoms with Crippen LogP contribution in [0.4, 0.5) is 10.1 Å². The number of hydrogen-bond acceptors (Lipinski definition) is 9. The number of anilines is 1. The highest BCUT2D eigenvalue weighted by Gasteiger charge is 2.47. The molecule has 12 heteroatoms. The third-order valence-corrected chi connectivity index (χ3v) is 10.3. The number of para-hydroxylation sites is 1. The first kappa shape index (κ1) is 30.0. The van der Waals surface area contributed by atoms with Crippen molar-refractivity contribution in [2.24, 2.45) is 0 Å². The number of benzene rings is 3. The lowest BCUT2D eigenvalue weighted by Crippen LogP contribution is -2.64. The van der Waals surface area contributed by atoms with Gasteiger partial charge in [0.15, 0.2) is 11.5 Å². The molecule has 4 aliphatic rings. The van der Waals surface area contributed by atoms with E-state index in [-0.39, 0.29) is 23.3 Å². The van der Waals surface area contributed by atoms with E-state index in [1.54, 1.807) is 25.1 Å². The van der Waals surface area contributed by atoms with E-state index in [1.807, 2.05) is 30.3 Å². The van der Waals surface area contributed by atoms with E-state index >= 15 is 4.39 Å². The first-order chi connectivity index (χ1) is 22.8. The first-order valence-electron chi connectivity index (χ1n) is 15.9. The fourth-order valence-electron chi connectivity index (χ4n) is 7.32. The molecule has 1 aliphatic carbocycles. The van der Waals surface area contributed by atoms with Gasteiger partial charge in [0.25, 0.3) is 5.79 Å². The highest BCUT2D eigenvalue weighted by molar-refractivity contribution is 6.35. The molecule has 4 aromatic rings. The van der Waals surface area contributed by atoms with Crippen molar-refractivity contribution in [1.82, 2.24) is 14.5 Å². The summed E-state index contributed by atoms with van der Waals surface area (Å²) in [7, 11) is 1.36. The molecule has 4 heterocycles. The van der Waals surface area contributed by atoms with E-state index < -0.39 is 17.6 Å². The molecule has 0 unspecified atom stereocenters. The molecule has 242 valence electrons. The summed E-state index contributed by atoms with van der Waals surface area (Å²) in [6.45, 7) is 5.24. The number of methoxy groups -OCH3 is 1. The normalized spacial score (nSPS) is 24.7. The molecule has 0 spiro atoms. The van der Waals surface area contributed by atoms with Gasteiger partial charge in [-0.2, -0.15) is 5.26 Å². The lowest BCUT2D eigenvalue weighted by atomic mass is 9.81. The number of aromatic nitrogens is 2. The molecule has 0 N–H and O–H groups in total. The van der Waals surface area contributed by atoms with Gasteiger partial charge in [-0.3, -0.25) is 4.90 Å². The van der Waals surface area contributed by atoms with Gasteiger partial charge in [-0.1, -0.05) is 17.7 Å². The van der Waals surface area contributed by atoms with Gasteiger partial charge < -0.3 is 28.4 Å². The second-order valence-electron chi connectivity index (χ2n) is 12.7. The third-order valence-electron chi connectivity index (χ3n) is 9.99. The monoisotopic (exact) mass is 657 g/mol. The molecular weight excluding hydrogens is 625 g/mol. The van der Waals surface area contributed by atoms with Crippen LogP contribution >= 0.6 is 11.6 Å². The molecule has 1 saturated carbocycles. The van der Waals surface area contributed by atoms with Gasteiger partial charge >= 0.3 is 5.97 Å². The fourth-order valence-corrected chi connectivity index (χ4v) is 7.58. The Kier molecular flexibility index (Phi) is 7.28. The molecule has 1 aromatic heterocycles. The van der Waals surface area contributed by atoms with Crippen LogP contribution in [0.25, 0.3) is 11.0 Å². The lowest BCUT2D eigenvalue weighted by Gasteiger charge is -2.54. The minimum Gasteiger partial charge on any atom is -0.465 e. The Morgan fingerprint density at radius 1 is 1.15 bits per heavy atom. The van der Waals surface area contributed by atoms with Crippen LogP contribution in [-0.2, 0) is 28.4 Å². The van der Waals surface area contributed by atoms with Crippen LogP contribution in [0, 0.1) is 17.1 Å². The van der Waals surface area contributed by atoms with Crippen molar-refractivity contribution in [3.8, 4) is 17.6 Å². The van der Waals surface area contributed by atoms with Crippen molar-refractivity contribution in [2.45, 2.75) is 63.3 Å². The number of imidazole rings is 1. The SMILES string of the molecule is COC(=O)c1cc(Cl)c2nc(CN3CCN(c4cccc5c4O[C@@](C)(c4ccc(C#N)cc4F)O5)[C@@H]4CC[C@@H]43)n(C[C@@H]3CCO3)c2c1. The smallest absolute Gasteiger partial charge is 0.337 e. The van der Waals surface area contributed by atoms with E-state index in [9.17, 15) is 10.1 Å². The summed E-state index contributed by atoms with van der Waals surface area (Å²) in [4.78, 5) is 22.3. The maximum Gasteiger partial charge on any atom is 0.337 e. The summed E-state index contributed by atoms with van der Waals surface area (Å²) in [6, 6.07) is 16.1. The molecule has 0 bridgehead atoms. The van der Waals surface area contributed by atoms with Crippen LogP contribution in [0.2, 0.25) is 5.02 Å². The Balaban J connectivity index is 1.06. The summed E-state index contributed by atoms with van der Waals surface area (Å²) in [6.07, 6.45) is 3.12. The number of piperazine rings is 1. The van der Waals surface area contributed by atoms with Gasteiger partial charge in [-0.15, -0.1) is 0 Å². The zero-order chi connectivity index (χ0) is 32.4. The summed E-state index contributed by atoms with van der Waals surface area (Å²) < 4.78 is 40.6. The highest BCUT2D eigenvalue weighted by atomic mass is 35.5. The van der Waals surface area contributed by atoms with Gasteiger partial charge in [0, 0.05) is 38.7 Å². The van der Waals surface area contributed by atoms with Gasteiger partial charge in [0.05, 0.1) is 65.3 Å². The number of rotatable bonds is 7. The van der Waals surface area contributed by atoms with E-state index in [2.05, 4.69) is 14.4 Å². The Labute approximate surface area is 276 Å². The molecule has 10 nitrogen and oxygen atoms in total. The maximum absolute atomic E-state index is 15.1. The van der Waals surface area contributed by atoms with Crippen LogP contribution in [0.1, 0.15) is 53.5 Å². The average molecular weight is 658 g/mol. The molecule has 47 heavy (non-hydrogen) atoms. The summed E-state index contributed by atoms with van der Waals surface area (Å²) in [5.74, 6) is -0.323. The lowest BCUT2D eigenvalue weighted by molar-refractivity contribution is -0.0706. The molecule has 8 rings (SSSR count). The Morgan fingerprint density at radius 3 is 2.68 bits per heavy atom. The predicted octanol–water partition coefficient (Wildman–Crippen LogP) is 5.77. The van der Waals surface area contributed by atoms with Crippen molar-refractivity contribution in [3.05, 3.63) is 81.9 Å². The van der Waals surface area contributed by atoms with Gasteiger partial charge in [-0.05, 0) is 61.7 Å². The van der Waals surface area contributed by atoms with E-state index in [0.29, 0.717) is 46.7 Å². The number of esters is 1. The van der Waals surface area contributed by atoms with Crippen molar-refractivity contribution in [3.63, 3.8) is 0 Å². The number of hydrogen-bond donors (Lipinski definition) is 0. The summed E-state index contributed by atoms with van der Waals surface area (Å²) in [5, 5.41) is 9.59. The van der Waals surface area contributed by atoms with Gasteiger partial charge in [-0.25, -0.2) is 14.2 Å². The van der Waals surface area contributed by atoms with Crippen molar-refractivity contribution in [2.75, 3.05) is 31.7 Å². The Morgan fingerprint density at radius 2 is 1.98 bits per heavy atom. The van der Waals surface area contributed by atoms with Crippen LogP contribution in [0.15, 0.2) is 48.5 Å². The number of ether oxygens (including phenoxy) is 4. The Bertz CT molecular complexity index is 1960. The summed E-state index contributed by atoms with van der Waals surface area (Å²) >= 11 is 6.66. The zero-order valence-corrected chi connectivity index (χ0v) is 26.8. The van der Waals surface area contributed by atoms with Crippen molar-refractivity contribution >= 4 is 34.3 Å².